The number of hydrogen-bond donors (Lipinski definition) is 1. The van der Waals surface area contributed by atoms with Gasteiger partial charge in [0.15, 0.2) is 0 Å². The molecule has 2 saturated heterocycles. The third-order valence-corrected chi connectivity index (χ3v) is 4.21. The van der Waals surface area contributed by atoms with E-state index in [1.165, 1.54) is 6.42 Å². The number of amides is 2. The summed E-state index contributed by atoms with van der Waals surface area (Å²) in [4.78, 5) is 27.8. The van der Waals surface area contributed by atoms with Gasteiger partial charge in [-0.25, -0.2) is 0 Å². The van der Waals surface area contributed by atoms with Crippen LogP contribution in [0.1, 0.15) is 32.1 Å². The number of hydrogen-bond acceptors (Lipinski definition) is 3. The van der Waals surface area contributed by atoms with Crippen LogP contribution < -0.4 is 5.32 Å². The highest BCUT2D eigenvalue weighted by Gasteiger charge is 2.31. The van der Waals surface area contributed by atoms with Gasteiger partial charge in [-0.2, -0.15) is 0 Å². The number of halogens is 1. The van der Waals surface area contributed by atoms with Crippen LogP contribution in [0.4, 0.5) is 0 Å². The summed E-state index contributed by atoms with van der Waals surface area (Å²) in [5.74, 6) is 0.525. The van der Waals surface area contributed by atoms with Crippen LogP contribution in [-0.4, -0.2) is 61.4 Å². The zero-order valence-corrected chi connectivity index (χ0v) is 13.2. The molecule has 2 aliphatic rings. The van der Waals surface area contributed by atoms with Gasteiger partial charge in [0, 0.05) is 33.1 Å². The molecule has 0 unspecified atom stereocenters. The first-order valence-electron chi connectivity index (χ1n) is 7.33. The van der Waals surface area contributed by atoms with Crippen molar-refractivity contribution in [1.29, 1.82) is 0 Å². The second-order valence-corrected chi connectivity index (χ2v) is 5.83. The summed E-state index contributed by atoms with van der Waals surface area (Å²) < 4.78 is 0. The van der Waals surface area contributed by atoms with Gasteiger partial charge in [-0.3, -0.25) is 9.59 Å². The lowest BCUT2D eigenvalue weighted by Crippen LogP contribution is -2.51. The summed E-state index contributed by atoms with van der Waals surface area (Å²) in [5.41, 5.74) is 0. The molecular formula is C14H26ClN3O2. The van der Waals surface area contributed by atoms with Crippen LogP contribution in [0, 0.1) is 5.92 Å². The van der Waals surface area contributed by atoms with Crippen molar-refractivity contribution in [2.75, 3.05) is 33.7 Å². The summed E-state index contributed by atoms with van der Waals surface area (Å²) in [6.07, 6.45) is 4.86. The Morgan fingerprint density at radius 1 is 1.10 bits per heavy atom. The van der Waals surface area contributed by atoms with Gasteiger partial charge in [0.2, 0.25) is 11.8 Å². The van der Waals surface area contributed by atoms with E-state index in [2.05, 4.69) is 5.32 Å². The summed E-state index contributed by atoms with van der Waals surface area (Å²) in [6, 6.07) is 0.00912. The molecule has 2 heterocycles. The first-order valence-corrected chi connectivity index (χ1v) is 7.33. The Labute approximate surface area is 127 Å². The maximum Gasteiger partial charge on any atom is 0.239 e. The van der Waals surface area contributed by atoms with Crippen molar-refractivity contribution >= 4 is 24.2 Å². The summed E-state index contributed by atoms with van der Waals surface area (Å²) in [6.45, 7) is 2.40. The Morgan fingerprint density at radius 2 is 1.75 bits per heavy atom. The molecule has 0 aromatic rings. The van der Waals surface area contributed by atoms with Gasteiger partial charge in [-0.05, 0) is 32.2 Å². The number of nitrogens with one attached hydrogen (secondary N) is 1. The summed E-state index contributed by atoms with van der Waals surface area (Å²) in [5, 5.41) is 3.30. The lowest BCUT2D eigenvalue weighted by molar-refractivity contribution is -0.140. The normalized spacial score (nSPS) is 23.9. The standard InChI is InChI=1S/C14H25N3O2.ClH/c1-16(2)13(18)11-6-9-17(10-7-11)14(19)12-5-3-4-8-15-12;/h11-12,15H,3-10H2,1-2H3;1H/t12-;/m1./s1. The molecule has 0 saturated carbocycles. The fraction of sp³-hybridized carbons (Fsp3) is 0.857. The van der Waals surface area contributed by atoms with Crippen molar-refractivity contribution in [2.24, 2.45) is 5.92 Å². The van der Waals surface area contributed by atoms with Crippen molar-refractivity contribution in [1.82, 2.24) is 15.1 Å². The monoisotopic (exact) mass is 303 g/mol. The van der Waals surface area contributed by atoms with E-state index in [0.29, 0.717) is 0 Å². The second-order valence-electron chi connectivity index (χ2n) is 5.83. The Hall–Kier alpha value is -0.810. The highest BCUT2D eigenvalue weighted by Crippen LogP contribution is 2.20. The van der Waals surface area contributed by atoms with Crippen LogP contribution in [0.15, 0.2) is 0 Å². The van der Waals surface area contributed by atoms with Crippen molar-refractivity contribution in [3.63, 3.8) is 0 Å². The smallest absolute Gasteiger partial charge is 0.239 e. The van der Waals surface area contributed by atoms with Gasteiger partial charge in [-0.15, -0.1) is 12.4 Å². The third-order valence-electron chi connectivity index (χ3n) is 4.21. The van der Waals surface area contributed by atoms with E-state index in [-0.39, 0.29) is 36.2 Å². The Balaban J connectivity index is 0.00000200. The predicted octanol–water partition coefficient (Wildman–Crippen LogP) is 0.877. The maximum absolute atomic E-state index is 12.3. The Kier molecular flexibility index (Phi) is 6.76. The van der Waals surface area contributed by atoms with Crippen LogP contribution >= 0.6 is 12.4 Å². The number of rotatable bonds is 2. The molecule has 116 valence electrons. The Morgan fingerprint density at radius 3 is 2.25 bits per heavy atom. The number of carbonyl (C=O) groups excluding carboxylic acids is 2. The van der Waals surface area contributed by atoms with Crippen LogP contribution in [0.5, 0.6) is 0 Å². The average molecular weight is 304 g/mol. The van der Waals surface area contributed by atoms with E-state index in [9.17, 15) is 9.59 Å². The molecule has 2 fully saturated rings. The molecular weight excluding hydrogens is 278 g/mol. The lowest BCUT2D eigenvalue weighted by Gasteiger charge is -2.35. The molecule has 1 atom stereocenters. The largest absolute Gasteiger partial charge is 0.349 e. The van der Waals surface area contributed by atoms with Gasteiger partial charge in [0.05, 0.1) is 6.04 Å². The molecule has 2 rings (SSSR count). The zero-order valence-electron chi connectivity index (χ0n) is 12.4. The van der Waals surface area contributed by atoms with Gasteiger partial charge in [-0.1, -0.05) is 6.42 Å². The molecule has 2 aliphatic heterocycles. The first-order chi connectivity index (χ1) is 9.09. The molecule has 5 nitrogen and oxygen atoms in total. The highest BCUT2D eigenvalue weighted by molar-refractivity contribution is 5.85. The fourth-order valence-corrected chi connectivity index (χ4v) is 2.99. The molecule has 0 aliphatic carbocycles. The van der Waals surface area contributed by atoms with Crippen molar-refractivity contribution in [3.05, 3.63) is 0 Å². The maximum atomic E-state index is 12.3. The molecule has 1 N–H and O–H groups in total. The van der Waals surface area contributed by atoms with E-state index in [4.69, 9.17) is 0 Å². The average Bonchev–Trinajstić information content (AvgIpc) is 2.46. The van der Waals surface area contributed by atoms with Gasteiger partial charge < -0.3 is 15.1 Å². The summed E-state index contributed by atoms with van der Waals surface area (Å²) >= 11 is 0. The van der Waals surface area contributed by atoms with Crippen LogP contribution in [0.3, 0.4) is 0 Å². The predicted molar refractivity (Wildman–Crippen MR) is 80.9 cm³/mol. The Bertz CT molecular complexity index is 335. The highest BCUT2D eigenvalue weighted by atomic mass is 35.5. The molecule has 20 heavy (non-hydrogen) atoms. The fourth-order valence-electron chi connectivity index (χ4n) is 2.99. The number of piperidine rings is 2. The van der Waals surface area contributed by atoms with E-state index in [1.54, 1.807) is 19.0 Å². The quantitative estimate of drug-likeness (QED) is 0.824. The summed E-state index contributed by atoms with van der Waals surface area (Å²) in [7, 11) is 3.59. The molecule has 6 heteroatoms. The molecule has 0 aromatic carbocycles. The molecule has 0 aromatic heterocycles. The van der Waals surface area contributed by atoms with Gasteiger partial charge in [0.25, 0.3) is 0 Å². The molecule has 0 bridgehead atoms. The lowest BCUT2D eigenvalue weighted by atomic mass is 9.94. The topological polar surface area (TPSA) is 52.7 Å². The van der Waals surface area contributed by atoms with Gasteiger partial charge in [0.1, 0.15) is 0 Å². The van der Waals surface area contributed by atoms with E-state index < -0.39 is 0 Å². The van der Waals surface area contributed by atoms with E-state index in [0.717, 1.165) is 45.3 Å². The van der Waals surface area contributed by atoms with E-state index in [1.807, 2.05) is 4.90 Å². The molecule has 0 radical (unpaired) electrons. The van der Waals surface area contributed by atoms with Crippen LogP contribution in [0.2, 0.25) is 0 Å². The minimum Gasteiger partial charge on any atom is -0.349 e. The first kappa shape index (κ1) is 17.2. The van der Waals surface area contributed by atoms with Crippen LogP contribution in [-0.2, 0) is 9.59 Å². The van der Waals surface area contributed by atoms with Crippen molar-refractivity contribution in [2.45, 2.75) is 38.1 Å². The SMILES string of the molecule is CN(C)C(=O)C1CCN(C(=O)[C@H]2CCCCN2)CC1.Cl. The van der Waals surface area contributed by atoms with Gasteiger partial charge >= 0.3 is 0 Å². The minimum atomic E-state index is 0. The third kappa shape index (κ3) is 4.09. The van der Waals surface area contributed by atoms with E-state index >= 15 is 0 Å². The second kappa shape index (κ2) is 7.84. The molecule has 2 amide bonds. The van der Waals surface area contributed by atoms with Crippen molar-refractivity contribution < 1.29 is 9.59 Å². The number of carbonyl (C=O) groups is 2. The number of nitrogens with zero attached hydrogens (tertiary/aromatic N) is 2. The minimum absolute atomic E-state index is 0. The van der Waals surface area contributed by atoms with Crippen molar-refractivity contribution in [3.8, 4) is 0 Å². The van der Waals surface area contributed by atoms with Crippen LogP contribution in [0.25, 0.3) is 0 Å². The zero-order chi connectivity index (χ0) is 13.8. The molecule has 0 spiro atoms. The number of likely N-dealkylation sites (tertiary alicyclic amines) is 1.